The van der Waals surface area contributed by atoms with Gasteiger partial charge in [0.2, 0.25) is 0 Å². The fourth-order valence-corrected chi connectivity index (χ4v) is 9.43. The first-order chi connectivity index (χ1) is 28.1. The Morgan fingerprint density at radius 2 is 1.72 bits per heavy atom. The number of benzene rings is 3. The monoisotopic (exact) mass is 883 g/mol. The molecule has 2 unspecified atom stereocenters. The average molecular weight is 883 g/mol. The number of nitrogens with zero attached hydrogens (tertiary/aromatic N) is 3. The van der Waals surface area contributed by atoms with Crippen molar-refractivity contribution < 1.29 is 44.1 Å². The zero-order valence-electron chi connectivity index (χ0n) is 35.9. The molecule has 3 aromatic carbocycles. The van der Waals surface area contributed by atoms with Gasteiger partial charge in [-0.3, -0.25) is 0 Å². The van der Waals surface area contributed by atoms with E-state index in [1.54, 1.807) is 30.3 Å². The minimum absolute atomic E-state index is 0.109. The van der Waals surface area contributed by atoms with Gasteiger partial charge in [0, 0.05) is 0 Å². The molecule has 314 valence electrons. The van der Waals surface area contributed by atoms with Crippen LogP contribution in [0.1, 0.15) is 79.4 Å². The standard InChI is InChI=1S/C44H59N3O9SeSi/c1-9-31(2)20-21-36(54-42(48)32-16-12-10-13-17-32)41-37(55-44(3,4)56-41)22-23-39(57-34-18-14-11-15-19-34)35-28-33(51-25-24-46-47-45)29-38(53-30-50-5)40(35)43(49)52-26-27-58(6,7)8/h10-21,28-29,31,36-37,39,41H,9,22-27,30H2,1-8H3/b21-20-/t31-,36?,37-,39?,41+/m0/s1/i9T/t9-,31-,36?,37-,39?,41+. The van der Waals surface area contributed by atoms with Crippen LogP contribution in [0.5, 0.6) is 11.5 Å². The van der Waals surface area contributed by atoms with E-state index in [0.29, 0.717) is 35.3 Å². The van der Waals surface area contributed by atoms with Crippen LogP contribution in [0.15, 0.2) is 90.1 Å². The predicted molar refractivity (Wildman–Crippen MR) is 229 cm³/mol. The summed E-state index contributed by atoms with van der Waals surface area (Å²) in [5, 5.41) is 3.61. The summed E-state index contributed by atoms with van der Waals surface area (Å²) in [5.41, 5.74) is 10.2. The van der Waals surface area contributed by atoms with Crippen molar-refractivity contribution in [2.45, 2.75) is 102 Å². The van der Waals surface area contributed by atoms with E-state index >= 15 is 0 Å². The second-order valence-electron chi connectivity index (χ2n) is 15.6. The molecule has 0 spiro atoms. The van der Waals surface area contributed by atoms with Gasteiger partial charge in [0.25, 0.3) is 0 Å². The van der Waals surface area contributed by atoms with Crippen molar-refractivity contribution >= 4 is 39.4 Å². The van der Waals surface area contributed by atoms with Crippen LogP contribution in [0.25, 0.3) is 10.4 Å². The van der Waals surface area contributed by atoms with E-state index in [1.807, 2.05) is 70.2 Å². The summed E-state index contributed by atoms with van der Waals surface area (Å²) in [6.07, 6.45) is 2.28. The maximum absolute atomic E-state index is 14.3. The molecule has 3 aromatic rings. The predicted octanol–water partition coefficient (Wildman–Crippen LogP) is 9.05. The Labute approximate surface area is 352 Å². The number of azide groups is 1. The molecule has 0 amide bonds. The molecule has 12 nitrogen and oxygen atoms in total. The van der Waals surface area contributed by atoms with Crippen LogP contribution in [0.4, 0.5) is 0 Å². The van der Waals surface area contributed by atoms with Crippen molar-refractivity contribution in [3.63, 3.8) is 0 Å². The van der Waals surface area contributed by atoms with Crippen LogP contribution < -0.4 is 13.9 Å². The third-order valence-electron chi connectivity index (χ3n) is 9.26. The normalized spacial score (nSPS) is 18.7. The topological polar surface area (TPSA) is 148 Å². The first kappa shape index (κ1) is 45.0. The van der Waals surface area contributed by atoms with Crippen LogP contribution in [0.3, 0.4) is 0 Å². The second kappa shape index (κ2) is 22.9. The number of rotatable bonds is 23. The Morgan fingerprint density at radius 1 is 1.02 bits per heavy atom. The van der Waals surface area contributed by atoms with Crippen molar-refractivity contribution in [2.24, 2.45) is 11.0 Å². The summed E-state index contributed by atoms with van der Waals surface area (Å²) in [4.78, 5) is 30.4. The van der Waals surface area contributed by atoms with Crippen LogP contribution >= 0.6 is 0 Å². The first-order valence-electron chi connectivity index (χ1n) is 20.2. The Kier molecular flexibility index (Phi) is 17.7. The first-order valence-corrected chi connectivity index (χ1v) is 25.2. The van der Waals surface area contributed by atoms with E-state index < -0.39 is 44.1 Å². The van der Waals surface area contributed by atoms with Gasteiger partial charge >= 0.3 is 353 Å². The molecule has 58 heavy (non-hydrogen) atoms. The molecule has 1 saturated heterocycles. The number of hydrogen-bond acceptors (Lipinski definition) is 10. The van der Waals surface area contributed by atoms with Crippen LogP contribution in [0, 0.1) is 5.92 Å². The Bertz CT molecular complexity index is 1870. The molecule has 4 rings (SSSR count). The van der Waals surface area contributed by atoms with Gasteiger partial charge in [-0.25, -0.2) is 0 Å². The van der Waals surface area contributed by atoms with Crippen LogP contribution in [-0.4, -0.2) is 92.7 Å². The van der Waals surface area contributed by atoms with Crippen molar-refractivity contribution in [1.82, 2.24) is 0 Å². The summed E-state index contributed by atoms with van der Waals surface area (Å²) in [5.74, 6) is -1.43. The zero-order valence-corrected chi connectivity index (χ0v) is 37.6. The quantitative estimate of drug-likeness (QED) is 0.0133. The average Bonchev–Trinajstić information content (AvgIpc) is 3.52. The van der Waals surface area contributed by atoms with Crippen molar-refractivity contribution in [2.75, 3.05) is 33.7 Å². The minimum atomic E-state index is -1.53. The number of carbonyl (C=O) groups excluding carboxylic acids is 2. The molecule has 1 heterocycles. The SMILES string of the molecule is [3H][C@@H](C)[C@H](C)/C=C\C(OC(=O)c1ccccc1)[C@H]1OC(C)(C)O[C@H]1CCC([Se]c1ccccc1)c1cc(OCCN=[N+]=[N-])cc(OCOC)c1C(=O)OCC[Si](C)(C)C. The third kappa shape index (κ3) is 14.9. The summed E-state index contributed by atoms with van der Waals surface area (Å²) in [6, 6.07) is 23.2. The second-order valence-corrected chi connectivity index (χ2v) is 23.9. The number of carbonyl (C=O) groups is 2. The molecule has 14 heteroatoms. The number of ether oxygens (including phenoxy) is 7. The zero-order chi connectivity index (χ0) is 43.0. The number of hydrogen-bond donors (Lipinski definition) is 0. The Balaban J connectivity index is 1.79. The number of esters is 2. The van der Waals surface area contributed by atoms with E-state index in [4.69, 9.17) is 40.1 Å². The third-order valence-corrected chi connectivity index (χ3v) is 13.7. The van der Waals surface area contributed by atoms with E-state index in [9.17, 15) is 9.59 Å². The summed E-state index contributed by atoms with van der Waals surface area (Å²) in [7, 11) is -0.0277. The fourth-order valence-electron chi connectivity index (χ4n) is 6.17. The molecular formula is C44H59N3O9SeSi. The molecule has 1 aliphatic heterocycles. The van der Waals surface area contributed by atoms with Gasteiger partial charge in [-0.15, -0.1) is 0 Å². The fraction of sp³-hybridized carbons (Fsp3) is 0.500. The molecule has 6 atom stereocenters. The Morgan fingerprint density at radius 3 is 2.38 bits per heavy atom. The molecule has 1 fully saturated rings. The van der Waals surface area contributed by atoms with Crippen LogP contribution in [-0.2, 0) is 23.7 Å². The van der Waals surface area contributed by atoms with Gasteiger partial charge in [0.05, 0.1) is 0 Å². The van der Waals surface area contributed by atoms with Gasteiger partial charge in [-0.1, -0.05) is 0 Å². The number of allylic oxidation sites excluding steroid dienone is 1. The van der Waals surface area contributed by atoms with Gasteiger partial charge < -0.3 is 0 Å². The molecule has 0 N–H and O–H groups in total. The van der Waals surface area contributed by atoms with Gasteiger partial charge in [-0.05, 0) is 0 Å². The van der Waals surface area contributed by atoms with E-state index in [0.717, 1.165) is 10.5 Å². The van der Waals surface area contributed by atoms with Gasteiger partial charge in [0.15, 0.2) is 0 Å². The van der Waals surface area contributed by atoms with Crippen molar-refractivity contribution in [1.29, 1.82) is 0 Å². The molecule has 0 bridgehead atoms. The summed E-state index contributed by atoms with van der Waals surface area (Å²) >= 11 is -0.236. The van der Waals surface area contributed by atoms with Gasteiger partial charge in [0.1, 0.15) is 0 Å². The summed E-state index contributed by atoms with van der Waals surface area (Å²) < 4.78 is 52.1. The molecular weight excluding hydrogens is 822 g/mol. The molecule has 0 saturated carbocycles. The number of methoxy groups -OCH3 is 1. The van der Waals surface area contributed by atoms with Crippen LogP contribution in [0.2, 0.25) is 25.7 Å². The summed E-state index contributed by atoms with van der Waals surface area (Å²) in [6.45, 7) is 14.5. The Hall–Kier alpha value is -4.13. The van der Waals surface area contributed by atoms with E-state index in [-0.39, 0.29) is 64.4 Å². The van der Waals surface area contributed by atoms with Crippen molar-refractivity contribution in [3.05, 3.63) is 112 Å². The molecule has 1 aliphatic rings. The van der Waals surface area contributed by atoms with E-state index in [2.05, 4.69) is 41.8 Å². The molecule has 0 aliphatic carbocycles. The maximum atomic E-state index is 14.3. The molecule has 0 radical (unpaired) electrons. The van der Waals surface area contributed by atoms with E-state index in [1.165, 1.54) is 7.11 Å². The van der Waals surface area contributed by atoms with Gasteiger partial charge in [-0.2, -0.15) is 0 Å². The van der Waals surface area contributed by atoms with Crippen molar-refractivity contribution in [3.8, 4) is 11.5 Å². The molecule has 0 aromatic heterocycles.